The lowest BCUT2D eigenvalue weighted by atomic mass is 9.82. The lowest BCUT2D eigenvalue weighted by Crippen LogP contribution is -2.54. The first-order valence-electron chi connectivity index (χ1n) is 19.5. The molecule has 0 bridgehead atoms. The summed E-state index contributed by atoms with van der Waals surface area (Å²) >= 11 is 0. The number of carbonyl (C=O) groups is 1. The molecule has 2 aromatic rings. The van der Waals surface area contributed by atoms with E-state index in [0.717, 1.165) is 71.9 Å². The number of fused-ring (bicyclic) bond motifs is 1. The predicted molar refractivity (Wildman–Crippen MR) is 210 cm³/mol. The maximum atomic E-state index is 12.4. The van der Waals surface area contributed by atoms with Gasteiger partial charge in [0.25, 0.3) is 0 Å². The Morgan fingerprint density at radius 3 is 2.53 bits per heavy atom. The topological polar surface area (TPSA) is 171 Å². The second kappa shape index (κ2) is 23.3. The van der Waals surface area contributed by atoms with Crippen LogP contribution in [0.1, 0.15) is 120 Å². The molecule has 0 saturated carbocycles. The third-order valence-electron chi connectivity index (χ3n) is 10.2. The van der Waals surface area contributed by atoms with Crippen LogP contribution >= 0.6 is 0 Å². The number of hydrogen-bond acceptors (Lipinski definition) is 8. The van der Waals surface area contributed by atoms with E-state index in [4.69, 9.17) is 5.11 Å². The van der Waals surface area contributed by atoms with Gasteiger partial charge in [0.1, 0.15) is 5.75 Å². The van der Waals surface area contributed by atoms with Crippen LogP contribution in [0.5, 0.6) is 5.75 Å². The van der Waals surface area contributed by atoms with Crippen LogP contribution in [0.3, 0.4) is 0 Å². The van der Waals surface area contributed by atoms with E-state index in [1.54, 1.807) is 25.1 Å². The third-order valence-corrected chi connectivity index (χ3v) is 10.2. The van der Waals surface area contributed by atoms with E-state index in [-0.39, 0.29) is 37.7 Å². The Balaban J connectivity index is 2.16. The minimum absolute atomic E-state index is 0.0854. The van der Waals surface area contributed by atoms with Crippen LogP contribution in [-0.4, -0.2) is 84.8 Å². The molecular weight excluding hydrogens is 670 g/mol. The average molecular weight is 734 g/mol. The first kappa shape index (κ1) is 43.9. The number of phenolic OH excluding ortho intramolecular Hbond substituents is 1. The van der Waals surface area contributed by atoms with Gasteiger partial charge in [-0.25, -0.2) is 0 Å². The van der Waals surface area contributed by atoms with Gasteiger partial charge in [0, 0.05) is 43.5 Å². The second-order valence-corrected chi connectivity index (χ2v) is 14.8. The Kier molecular flexibility index (Phi) is 19.3. The fourth-order valence-corrected chi connectivity index (χ4v) is 7.16. The fraction of sp³-hybridized carbons (Fsp3) is 0.568. The number of allylic oxidation sites excluding steroid dienone is 2. The number of phenols is 1. The van der Waals surface area contributed by atoms with E-state index >= 15 is 0 Å². The molecule has 1 heterocycles. The summed E-state index contributed by atoms with van der Waals surface area (Å²) in [6.45, 7) is 3.36. The summed E-state index contributed by atoms with van der Waals surface area (Å²) in [6, 6.07) is 12.1. The first-order valence-corrected chi connectivity index (χ1v) is 19.5. The van der Waals surface area contributed by atoms with Crippen molar-refractivity contribution in [1.82, 2.24) is 5.32 Å². The summed E-state index contributed by atoms with van der Waals surface area (Å²) in [6.07, 6.45) is 11.7. The number of rotatable bonds is 21. The summed E-state index contributed by atoms with van der Waals surface area (Å²) in [5.74, 6) is 5.98. The van der Waals surface area contributed by atoms with E-state index in [9.17, 15) is 35.4 Å². The number of hydrogen-bond donors (Lipinski definition) is 8. The van der Waals surface area contributed by atoms with Gasteiger partial charge in [-0.3, -0.25) is 4.79 Å². The van der Waals surface area contributed by atoms with E-state index in [0.29, 0.717) is 44.9 Å². The van der Waals surface area contributed by atoms with E-state index in [1.165, 1.54) is 0 Å². The maximum absolute atomic E-state index is 12.4. The van der Waals surface area contributed by atoms with Crippen molar-refractivity contribution in [1.29, 1.82) is 0 Å². The van der Waals surface area contributed by atoms with Crippen molar-refractivity contribution in [3.05, 3.63) is 88.0 Å². The Morgan fingerprint density at radius 2 is 1.79 bits per heavy atom. The molecule has 292 valence electrons. The highest BCUT2D eigenvalue weighted by molar-refractivity contribution is 5.66. The molecule has 5 atom stereocenters. The molecule has 0 fully saturated rings. The zero-order valence-corrected chi connectivity index (χ0v) is 31.8. The molecule has 8 N–H and O–H groups in total. The highest BCUT2D eigenvalue weighted by atomic mass is 16.4. The van der Waals surface area contributed by atoms with E-state index in [1.807, 2.05) is 30.4 Å². The summed E-state index contributed by atoms with van der Waals surface area (Å²) in [5.41, 5.74) is 4.00. The third kappa shape index (κ3) is 15.4. The van der Waals surface area contributed by atoms with Crippen LogP contribution in [0.4, 0.5) is 0 Å². The lowest BCUT2D eigenvalue weighted by Gasteiger charge is -2.38. The van der Waals surface area contributed by atoms with Crippen LogP contribution in [0.25, 0.3) is 0 Å². The molecule has 3 rings (SSSR count). The number of aromatic hydroxyl groups is 1. The SMILES string of the molecule is CCCCCC(O)C=CC1=C(CC(O)CO)C(CCCCCCC(=O)O)NC(C(C)(O)Cc2ccc(O)cc2CCO)CC#Cc2ccccc2CC1. The van der Waals surface area contributed by atoms with Crippen molar-refractivity contribution in [3.63, 3.8) is 0 Å². The van der Waals surface area contributed by atoms with Gasteiger partial charge in [-0.05, 0) is 97.9 Å². The molecule has 0 spiro atoms. The first-order chi connectivity index (χ1) is 25.5. The number of aryl methyl sites for hydroxylation is 1. The molecule has 0 aliphatic carbocycles. The van der Waals surface area contributed by atoms with Crippen molar-refractivity contribution < 1.29 is 40.5 Å². The van der Waals surface area contributed by atoms with Crippen molar-refractivity contribution >= 4 is 5.97 Å². The summed E-state index contributed by atoms with van der Waals surface area (Å²) in [7, 11) is 0. The average Bonchev–Trinajstić information content (AvgIpc) is 3.12. The molecule has 53 heavy (non-hydrogen) atoms. The molecule has 0 radical (unpaired) electrons. The largest absolute Gasteiger partial charge is 0.508 e. The van der Waals surface area contributed by atoms with Gasteiger partial charge in [0.15, 0.2) is 0 Å². The lowest BCUT2D eigenvalue weighted by molar-refractivity contribution is -0.137. The normalized spacial score (nSPS) is 19.0. The van der Waals surface area contributed by atoms with Crippen molar-refractivity contribution in [2.75, 3.05) is 13.2 Å². The zero-order chi connectivity index (χ0) is 38.6. The standard InChI is InChI=1S/C44H63NO8/c1-3-4-7-16-37(48)24-22-34-21-20-33-14-11-10-13-32(33)15-12-18-42(44(2,53)30-36-23-25-38(49)28-35(36)26-27-46)45-41(40(34)29-39(50)31-47)17-8-5-6-9-19-43(51)52/h10-11,13-14,22-25,28,37,39,41-42,45-50,53H,3-9,16-21,26-27,29-31H2,1-2H3,(H,51,52). The van der Waals surface area contributed by atoms with Gasteiger partial charge in [-0.2, -0.15) is 0 Å². The van der Waals surface area contributed by atoms with Gasteiger partial charge in [0.05, 0.1) is 24.4 Å². The second-order valence-electron chi connectivity index (χ2n) is 14.8. The van der Waals surface area contributed by atoms with Gasteiger partial charge in [-0.1, -0.05) is 93.7 Å². The van der Waals surface area contributed by atoms with E-state index < -0.39 is 36.4 Å². The van der Waals surface area contributed by atoms with Crippen LogP contribution < -0.4 is 5.32 Å². The predicted octanol–water partition coefficient (Wildman–Crippen LogP) is 5.90. The van der Waals surface area contributed by atoms with Crippen molar-refractivity contribution in [3.8, 4) is 17.6 Å². The number of aliphatic hydroxyl groups is 5. The van der Waals surface area contributed by atoms with Crippen LogP contribution in [0.2, 0.25) is 0 Å². The smallest absolute Gasteiger partial charge is 0.303 e. The van der Waals surface area contributed by atoms with E-state index in [2.05, 4.69) is 30.1 Å². The van der Waals surface area contributed by atoms with Gasteiger partial charge < -0.3 is 41.1 Å². The van der Waals surface area contributed by atoms with Crippen LogP contribution in [-0.2, 0) is 24.1 Å². The fourth-order valence-electron chi connectivity index (χ4n) is 7.16. The molecule has 1 aliphatic heterocycles. The number of aliphatic carboxylic acids is 1. The Bertz CT molecular complexity index is 1540. The molecule has 1 aliphatic rings. The monoisotopic (exact) mass is 733 g/mol. The molecule has 9 nitrogen and oxygen atoms in total. The summed E-state index contributed by atoms with van der Waals surface area (Å²) in [4.78, 5) is 11.1. The number of carboxylic acid groups (broad SMARTS) is 1. The van der Waals surface area contributed by atoms with Crippen molar-refractivity contribution in [2.24, 2.45) is 0 Å². The number of unbranched alkanes of at least 4 members (excludes halogenated alkanes) is 5. The van der Waals surface area contributed by atoms with Gasteiger partial charge in [-0.15, -0.1) is 0 Å². The molecule has 0 aromatic heterocycles. The minimum atomic E-state index is -1.36. The minimum Gasteiger partial charge on any atom is -0.508 e. The maximum Gasteiger partial charge on any atom is 0.303 e. The molecule has 0 saturated heterocycles. The van der Waals surface area contributed by atoms with Crippen LogP contribution in [0.15, 0.2) is 65.8 Å². The summed E-state index contributed by atoms with van der Waals surface area (Å²) in [5, 5.41) is 77.2. The molecule has 2 aromatic carbocycles. The number of carboxylic acids is 1. The molecule has 5 unspecified atom stereocenters. The summed E-state index contributed by atoms with van der Waals surface area (Å²) < 4.78 is 0. The number of aliphatic hydroxyl groups excluding tert-OH is 4. The Morgan fingerprint density at radius 1 is 1.02 bits per heavy atom. The Hall–Kier alpha value is -3.49. The van der Waals surface area contributed by atoms with Crippen LogP contribution in [0, 0.1) is 11.8 Å². The van der Waals surface area contributed by atoms with Gasteiger partial charge in [0.2, 0.25) is 0 Å². The highest BCUT2D eigenvalue weighted by Crippen LogP contribution is 2.30. The number of benzene rings is 2. The number of nitrogens with one attached hydrogen (secondary N) is 1. The Labute approximate surface area is 316 Å². The molecular formula is C44H63NO8. The molecule has 0 amide bonds. The quantitative estimate of drug-likeness (QED) is 0.0575. The van der Waals surface area contributed by atoms with Crippen molar-refractivity contribution in [2.45, 2.75) is 146 Å². The molecule has 9 heteroatoms. The zero-order valence-electron chi connectivity index (χ0n) is 31.8. The highest BCUT2D eigenvalue weighted by Gasteiger charge is 2.35. The van der Waals surface area contributed by atoms with Gasteiger partial charge >= 0.3 is 5.97 Å².